The lowest BCUT2D eigenvalue weighted by Gasteiger charge is -2.42. The number of piperazine rings is 1. The van der Waals surface area contributed by atoms with Crippen LogP contribution >= 0.6 is 11.6 Å². The molecule has 3 atom stereocenters. The van der Waals surface area contributed by atoms with Crippen molar-refractivity contribution < 1.29 is 34.8 Å². The van der Waals surface area contributed by atoms with Gasteiger partial charge in [0, 0.05) is 74.1 Å². The fraction of sp³-hybridized carbons (Fsp3) is 0.353. The van der Waals surface area contributed by atoms with Crippen LogP contribution in [0.25, 0.3) is 27.8 Å². The van der Waals surface area contributed by atoms with E-state index >= 15 is 0 Å². The van der Waals surface area contributed by atoms with Crippen molar-refractivity contribution in [2.45, 2.75) is 70.2 Å². The number of amides is 2. The molecule has 362 valence electrons. The summed E-state index contributed by atoms with van der Waals surface area (Å²) in [7, 11) is 1.98. The molecule has 18 nitrogen and oxygen atoms in total. The first-order valence-electron chi connectivity index (χ1n) is 23.3. The summed E-state index contributed by atoms with van der Waals surface area (Å²) >= 11 is 6.79. The van der Waals surface area contributed by atoms with Gasteiger partial charge in [-0.05, 0) is 85.7 Å². The highest BCUT2D eigenvalue weighted by molar-refractivity contribution is 6.36. The van der Waals surface area contributed by atoms with Gasteiger partial charge in [0.25, 0.3) is 0 Å². The molecule has 9 rings (SSSR count). The Morgan fingerprint density at radius 2 is 1.73 bits per heavy atom. The average molecular weight is 969 g/mol. The zero-order chi connectivity index (χ0) is 49.2. The molecule has 0 spiro atoms. The van der Waals surface area contributed by atoms with Crippen molar-refractivity contribution in [2.24, 2.45) is 0 Å². The molecule has 2 saturated heterocycles. The van der Waals surface area contributed by atoms with Gasteiger partial charge in [-0.1, -0.05) is 66.6 Å². The van der Waals surface area contributed by atoms with Crippen LogP contribution in [0.4, 0.5) is 16.3 Å². The van der Waals surface area contributed by atoms with Gasteiger partial charge in [0.2, 0.25) is 5.91 Å². The molecule has 2 aromatic heterocycles. The number of carbonyl (C=O) groups is 2. The van der Waals surface area contributed by atoms with Crippen LogP contribution in [0.1, 0.15) is 48.6 Å². The summed E-state index contributed by atoms with van der Waals surface area (Å²) in [6.45, 7) is 8.66. The molecule has 0 bridgehead atoms. The molecule has 4 aromatic carbocycles. The number of rotatable bonds is 14. The SMILES string of the molecule is C=CC(=O)N1CCN(c2nc(OC[C@@H]3CC[C@H](CN(Cc4ccc(-n5c(O)nnc5-c5cc(CC)c(O)cc5O)cc4)C(=O)O)N3C)nc3c2CCN(c2cccc4cccc(Cl)c24)C3)C[C@@H]1CC#N. The Morgan fingerprint density at radius 3 is 2.47 bits per heavy atom. The van der Waals surface area contributed by atoms with Crippen molar-refractivity contribution in [3.8, 4) is 46.7 Å². The highest BCUT2D eigenvalue weighted by Gasteiger charge is 2.36. The number of hydrogen-bond acceptors (Lipinski definition) is 14. The molecular formula is C51H54ClN11O7. The second kappa shape index (κ2) is 20.2. The number of ether oxygens (including phenoxy) is 1. The topological polar surface area (TPSA) is 221 Å². The maximum absolute atomic E-state index is 12.8. The minimum absolute atomic E-state index is 0.0514. The third-order valence-electron chi connectivity index (χ3n) is 13.9. The summed E-state index contributed by atoms with van der Waals surface area (Å²) in [5.74, 6) is 0.412. The van der Waals surface area contributed by atoms with Gasteiger partial charge in [-0.2, -0.15) is 15.2 Å². The number of aromatic hydroxyl groups is 3. The Kier molecular flexibility index (Phi) is 13.7. The Bertz CT molecular complexity index is 2990. The second-order valence-electron chi connectivity index (χ2n) is 17.9. The van der Waals surface area contributed by atoms with Gasteiger partial charge in [-0.25, -0.2) is 9.36 Å². The summed E-state index contributed by atoms with van der Waals surface area (Å²) in [5.41, 5.74) is 4.90. The Morgan fingerprint density at radius 1 is 0.957 bits per heavy atom. The highest BCUT2D eigenvalue weighted by atomic mass is 35.5. The highest BCUT2D eigenvalue weighted by Crippen LogP contribution is 2.39. The molecular weight excluding hydrogens is 914 g/mol. The number of carboxylic acid groups (broad SMARTS) is 1. The number of carbonyl (C=O) groups excluding carboxylic acids is 1. The zero-order valence-electron chi connectivity index (χ0n) is 38.9. The molecule has 2 amide bonds. The number of halogens is 1. The van der Waals surface area contributed by atoms with Crippen LogP contribution in [-0.4, -0.2) is 136 Å². The zero-order valence-corrected chi connectivity index (χ0v) is 39.7. The maximum Gasteiger partial charge on any atom is 0.407 e. The maximum atomic E-state index is 12.8. The van der Waals surface area contributed by atoms with E-state index < -0.39 is 12.1 Å². The number of aromatic nitrogens is 5. The number of phenolic OH excluding ortho intramolecular Hbond substituents is 2. The van der Waals surface area contributed by atoms with E-state index in [0.29, 0.717) is 61.8 Å². The third kappa shape index (κ3) is 9.41. The lowest BCUT2D eigenvalue weighted by molar-refractivity contribution is -0.128. The number of phenols is 2. The predicted octanol–water partition coefficient (Wildman–Crippen LogP) is 6.91. The Hall–Kier alpha value is -7.62. The molecule has 5 heterocycles. The standard InChI is InChI=1S/C51H54ClN11O7/c1-4-32-24-39(44(65)25-43(32)64)48-56-57-50(67)63(48)34-14-12-31(13-15-34)26-61(51(68)69)27-35-16-17-37(58(35)3)30-70-49-54-41-29-59(42-11-7-9-33-8-6-10-40(52)46(33)42)21-19-38(41)47(55-49)60-22-23-62(45(66)5-2)36(28-60)18-20-53/h5-15,24-25,35-37,64-65H,2,4,16-19,21-23,26-30H2,1,3H3,(H,57,67)(H,68,69)/t35-,36+,37+/m1/s1. The van der Waals surface area contributed by atoms with Gasteiger partial charge in [-0.15, -0.1) is 5.10 Å². The number of anilines is 2. The number of nitrogens with zero attached hydrogens (tertiary/aromatic N) is 11. The number of benzene rings is 4. The molecule has 19 heteroatoms. The smallest absolute Gasteiger partial charge is 0.407 e. The molecule has 0 unspecified atom stereocenters. The van der Waals surface area contributed by atoms with Crippen LogP contribution in [0.2, 0.25) is 5.02 Å². The molecule has 3 aliphatic heterocycles. The molecule has 3 aliphatic rings. The van der Waals surface area contributed by atoms with E-state index in [1.54, 1.807) is 35.2 Å². The number of likely N-dealkylation sites (tertiary alicyclic amines) is 1. The van der Waals surface area contributed by atoms with E-state index in [4.69, 9.17) is 26.3 Å². The van der Waals surface area contributed by atoms with Crippen LogP contribution in [0.15, 0.2) is 85.5 Å². The van der Waals surface area contributed by atoms with E-state index in [9.17, 15) is 35.3 Å². The molecule has 0 radical (unpaired) electrons. The quantitative estimate of drug-likeness (QED) is 0.0815. The van der Waals surface area contributed by atoms with Crippen LogP contribution in [0.3, 0.4) is 0 Å². The summed E-state index contributed by atoms with van der Waals surface area (Å²) in [6, 6.07) is 23.4. The van der Waals surface area contributed by atoms with E-state index in [0.717, 1.165) is 51.9 Å². The second-order valence-corrected chi connectivity index (χ2v) is 18.3. The van der Waals surface area contributed by atoms with Crippen molar-refractivity contribution in [3.63, 3.8) is 0 Å². The van der Waals surface area contributed by atoms with Gasteiger partial charge < -0.3 is 44.8 Å². The molecule has 6 aromatic rings. The fourth-order valence-corrected chi connectivity index (χ4v) is 10.4. The number of likely N-dealkylation sites (N-methyl/N-ethyl adjacent to an activating group) is 1. The summed E-state index contributed by atoms with van der Waals surface area (Å²) in [5, 5.41) is 62.3. The summed E-state index contributed by atoms with van der Waals surface area (Å²) < 4.78 is 7.87. The Balaban J connectivity index is 0.904. The minimum Gasteiger partial charge on any atom is -0.508 e. The van der Waals surface area contributed by atoms with Crippen molar-refractivity contribution in [1.82, 2.24) is 39.4 Å². The largest absolute Gasteiger partial charge is 0.508 e. The predicted molar refractivity (Wildman–Crippen MR) is 264 cm³/mol. The Labute approximate surface area is 409 Å². The van der Waals surface area contributed by atoms with E-state index in [1.165, 1.54) is 21.6 Å². The first-order valence-corrected chi connectivity index (χ1v) is 23.7. The first-order chi connectivity index (χ1) is 33.8. The van der Waals surface area contributed by atoms with Crippen molar-refractivity contribution >= 4 is 45.9 Å². The van der Waals surface area contributed by atoms with Gasteiger partial charge in [-0.3, -0.25) is 9.69 Å². The van der Waals surface area contributed by atoms with Crippen LogP contribution in [0.5, 0.6) is 23.5 Å². The first kappa shape index (κ1) is 47.4. The lowest BCUT2D eigenvalue weighted by atomic mass is 10.0. The van der Waals surface area contributed by atoms with E-state index in [2.05, 4.69) is 43.6 Å². The van der Waals surface area contributed by atoms with Crippen LogP contribution in [-0.2, 0) is 30.7 Å². The number of nitriles is 1. The molecule has 2 fully saturated rings. The van der Waals surface area contributed by atoms with Gasteiger partial charge in [0.1, 0.15) is 23.9 Å². The molecule has 70 heavy (non-hydrogen) atoms. The average Bonchev–Trinajstić information content (AvgIpc) is 3.92. The molecule has 4 N–H and O–H groups in total. The van der Waals surface area contributed by atoms with Gasteiger partial charge in [0.05, 0.1) is 47.0 Å². The van der Waals surface area contributed by atoms with Gasteiger partial charge >= 0.3 is 18.1 Å². The monoisotopic (exact) mass is 967 g/mol. The lowest BCUT2D eigenvalue weighted by Crippen LogP contribution is -2.55. The fourth-order valence-electron chi connectivity index (χ4n) is 10.1. The van der Waals surface area contributed by atoms with E-state index in [-0.39, 0.29) is 79.0 Å². The molecule has 0 saturated carbocycles. The van der Waals surface area contributed by atoms with Crippen LogP contribution < -0.4 is 14.5 Å². The van der Waals surface area contributed by atoms with Crippen molar-refractivity contribution in [1.29, 1.82) is 5.26 Å². The van der Waals surface area contributed by atoms with Crippen molar-refractivity contribution in [2.75, 3.05) is 56.2 Å². The third-order valence-corrected chi connectivity index (χ3v) is 14.2. The van der Waals surface area contributed by atoms with E-state index in [1.807, 2.05) is 44.3 Å². The number of fused-ring (bicyclic) bond motifs is 2. The molecule has 0 aliphatic carbocycles. The number of hydrogen-bond donors (Lipinski definition) is 4. The van der Waals surface area contributed by atoms with Gasteiger partial charge in [0.15, 0.2) is 5.82 Å². The summed E-state index contributed by atoms with van der Waals surface area (Å²) in [6.07, 6.45) is 3.03. The number of aryl methyl sites for hydroxylation is 1. The minimum atomic E-state index is -1.06. The van der Waals surface area contributed by atoms with Crippen LogP contribution in [0, 0.1) is 11.3 Å². The normalized spacial score (nSPS) is 18.1. The summed E-state index contributed by atoms with van der Waals surface area (Å²) in [4.78, 5) is 45.3. The van der Waals surface area contributed by atoms with Crippen molar-refractivity contribution in [3.05, 3.63) is 113 Å².